The second-order valence-electron chi connectivity index (χ2n) is 4.83. The maximum Gasteiger partial charge on any atom is 0.232 e. The van der Waals surface area contributed by atoms with Gasteiger partial charge in [0.15, 0.2) is 0 Å². The minimum Gasteiger partial charge on any atom is -0.419 e. The standard InChI is InChI=1S/C15H14ClN3O2/c16-11-4-1-3-10(7-11)14-19-13(8-17)15(21-14)18-9-12-5-2-6-20-12/h1,3-4,7,12,18H,2,5-6,9H2/t12-/m1/s1. The van der Waals surface area contributed by atoms with Gasteiger partial charge < -0.3 is 14.5 Å². The molecule has 0 bridgehead atoms. The van der Waals surface area contributed by atoms with Gasteiger partial charge in [-0.2, -0.15) is 10.2 Å². The van der Waals surface area contributed by atoms with Crippen LogP contribution in [-0.2, 0) is 4.74 Å². The molecule has 1 aliphatic rings. The third-order valence-electron chi connectivity index (χ3n) is 3.32. The highest BCUT2D eigenvalue weighted by atomic mass is 35.5. The van der Waals surface area contributed by atoms with Gasteiger partial charge in [0.05, 0.1) is 6.10 Å². The Morgan fingerprint density at radius 1 is 1.48 bits per heavy atom. The molecule has 21 heavy (non-hydrogen) atoms. The summed E-state index contributed by atoms with van der Waals surface area (Å²) in [7, 11) is 0. The van der Waals surface area contributed by atoms with Crippen LogP contribution in [0.1, 0.15) is 18.5 Å². The fraction of sp³-hybridized carbons (Fsp3) is 0.333. The first kappa shape index (κ1) is 13.9. The van der Waals surface area contributed by atoms with Crippen molar-refractivity contribution in [3.8, 4) is 17.5 Å². The molecule has 0 spiro atoms. The number of oxazole rings is 1. The smallest absolute Gasteiger partial charge is 0.232 e. The second-order valence-corrected chi connectivity index (χ2v) is 5.27. The summed E-state index contributed by atoms with van der Waals surface area (Å²) in [4.78, 5) is 4.20. The van der Waals surface area contributed by atoms with Crippen molar-refractivity contribution < 1.29 is 9.15 Å². The lowest BCUT2D eigenvalue weighted by Gasteiger charge is -2.09. The van der Waals surface area contributed by atoms with Gasteiger partial charge in [0.1, 0.15) is 6.07 Å². The molecule has 0 saturated carbocycles. The summed E-state index contributed by atoms with van der Waals surface area (Å²) in [5.41, 5.74) is 0.979. The number of halogens is 1. The Kier molecular flexibility index (Phi) is 4.09. The van der Waals surface area contributed by atoms with E-state index in [1.165, 1.54) is 0 Å². The number of hydrogen-bond donors (Lipinski definition) is 1. The van der Waals surface area contributed by atoms with Crippen molar-refractivity contribution in [2.24, 2.45) is 0 Å². The van der Waals surface area contributed by atoms with Crippen molar-refractivity contribution >= 4 is 17.5 Å². The third kappa shape index (κ3) is 3.18. The van der Waals surface area contributed by atoms with E-state index in [2.05, 4.69) is 10.3 Å². The van der Waals surface area contributed by atoms with Crippen LogP contribution in [-0.4, -0.2) is 24.2 Å². The molecule has 2 aromatic rings. The van der Waals surface area contributed by atoms with Crippen molar-refractivity contribution in [3.63, 3.8) is 0 Å². The molecule has 0 aliphatic carbocycles. The van der Waals surface area contributed by atoms with Gasteiger partial charge in [0.2, 0.25) is 17.5 Å². The van der Waals surface area contributed by atoms with Gasteiger partial charge in [-0.1, -0.05) is 17.7 Å². The zero-order valence-corrected chi connectivity index (χ0v) is 12.1. The van der Waals surface area contributed by atoms with Crippen molar-refractivity contribution in [2.45, 2.75) is 18.9 Å². The van der Waals surface area contributed by atoms with Crippen LogP contribution in [0.4, 0.5) is 5.88 Å². The summed E-state index contributed by atoms with van der Waals surface area (Å²) in [5.74, 6) is 0.756. The lowest BCUT2D eigenvalue weighted by molar-refractivity contribution is 0.120. The van der Waals surface area contributed by atoms with Crippen LogP contribution in [0.2, 0.25) is 5.02 Å². The fourth-order valence-electron chi connectivity index (χ4n) is 2.27. The number of benzene rings is 1. The van der Waals surface area contributed by atoms with Crippen LogP contribution < -0.4 is 5.32 Å². The van der Waals surface area contributed by atoms with Crippen molar-refractivity contribution in [2.75, 3.05) is 18.5 Å². The highest BCUT2D eigenvalue weighted by Crippen LogP contribution is 2.27. The fourth-order valence-corrected chi connectivity index (χ4v) is 2.46. The molecular formula is C15H14ClN3O2. The second kappa shape index (κ2) is 6.17. The zero-order valence-electron chi connectivity index (χ0n) is 11.3. The first-order chi connectivity index (χ1) is 10.3. The molecular weight excluding hydrogens is 290 g/mol. The van der Waals surface area contributed by atoms with Crippen LogP contribution in [0.25, 0.3) is 11.5 Å². The van der Waals surface area contributed by atoms with E-state index in [1.54, 1.807) is 12.1 Å². The summed E-state index contributed by atoms with van der Waals surface area (Å²) in [5, 5.41) is 12.9. The molecule has 2 heterocycles. The predicted molar refractivity (Wildman–Crippen MR) is 79.1 cm³/mol. The summed E-state index contributed by atoms with van der Waals surface area (Å²) < 4.78 is 11.2. The number of ether oxygens (including phenoxy) is 1. The van der Waals surface area contributed by atoms with E-state index in [4.69, 9.17) is 26.0 Å². The lowest BCUT2D eigenvalue weighted by atomic mass is 10.2. The van der Waals surface area contributed by atoms with E-state index in [0.717, 1.165) is 25.0 Å². The Morgan fingerprint density at radius 2 is 2.38 bits per heavy atom. The molecule has 1 N–H and O–H groups in total. The predicted octanol–water partition coefficient (Wildman–Crippen LogP) is 3.46. The number of aromatic nitrogens is 1. The summed E-state index contributed by atoms with van der Waals surface area (Å²) >= 11 is 5.96. The lowest BCUT2D eigenvalue weighted by Crippen LogP contribution is -2.18. The van der Waals surface area contributed by atoms with Crippen molar-refractivity contribution in [1.82, 2.24) is 4.98 Å². The summed E-state index contributed by atoms with van der Waals surface area (Å²) in [6.45, 7) is 1.40. The number of hydrogen-bond acceptors (Lipinski definition) is 5. The Bertz CT molecular complexity index is 672. The monoisotopic (exact) mass is 303 g/mol. The molecule has 1 fully saturated rings. The Labute approximate surface area is 127 Å². The molecule has 1 atom stereocenters. The highest BCUT2D eigenvalue weighted by molar-refractivity contribution is 6.30. The minimum atomic E-state index is 0.163. The highest BCUT2D eigenvalue weighted by Gasteiger charge is 2.19. The van der Waals surface area contributed by atoms with Crippen LogP contribution in [0.15, 0.2) is 28.7 Å². The van der Waals surface area contributed by atoms with Crippen LogP contribution in [0, 0.1) is 11.3 Å². The van der Waals surface area contributed by atoms with E-state index in [1.807, 2.05) is 18.2 Å². The van der Waals surface area contributed by atoms with Gasteiger partial charge in [0, 0.05) is 23.7 Å². The number of anilines is 1. The van der Waals surface area contributed by atoms with Gasteiger partial charge in [-0.05, 0) is 31.0 Å². The molecule has 108 valence electrons. The Hall–Kier alpha value is -2.03. The molecule has 1 saturated heterocycles. The van der Waals surface area contributed by atoms with Gasteiger partial charge >= 0.3 is 0 Å². The van der Waals surface area contributed by atoms with Gasteiger partial charge in [-0.25, -0.2) is 0 Å². The Morgan fingerprint density at radius 3 is 3.10 bits per heavy atom. The van der Waals surface area contributed by atoms with E-state index in [-0.39, 0.29) is 11.8 Å². The molecule has 0 amide bonds. The van der Waals surface area contributed by atoms with E-state index < -0.39 is 0 Å². The van der Waals surface area contributed by atoms with E-state index in [0.29, 0.717) is 23.3 Å². The molecule has 0 radical (unpaired) electrons. The van der Waals surface area contributed by atoms with Crippen LogP contribution in [0.5, 0.6) is 0 Å². The summed E-state index contributed by atoms with van der Waals surface area (Å²) in [6.07, 6.45) is 2.25. The SMILES string of the molecule is N#Cc1nc(-c2cccc(Cl)c2)oc1NC[C@H]1CCCO1. The van der Waals surface area contributed by atoms with E-state index in [9.17, 15) is 0 Å². The molecule has 5 nitrogen and oxygen atoms in total. The topological polar surface area (TPSA) is 71.1 Å². The summed E-state index contributed by atoms with van der Waals surface area (Å²) in [6, 6.07) is 9.21. The number of nitrogens with one attached hydrogen (secondary N) is 1. The van der Waals surface area contributed by atoms with Crippen molar-refractivity contribution in [3.05, 3.63) is 35.0 Å². The quantitative estimate of drug-likeness (QED) is 0.936. The molecule has 6 heteroatoms. The molecule has 1 aliphatic heterocycles. The van der Waals surface area contributed by atoms with Gasteiger partial charge in [-0.3, -0.25) is 0 Å². The number of nitriles is 1. The van der Waals surface area contributed by atoms with Gasteiger partial charge in [-0.15, -0.1) is 0 Å². The molecule has 0 unspecified atom stereocenters. The maximum absolute atomic E-state index is 9.16. The van der Waals surface area contributed by atoms with Gasteiger partial charge in [0.25, 0.3) is 0 Å². The Balaban J connectivity index is 1.79. The normalized spacial score (nSPS) is 17.6. The minimum absolute atomic E-state index is 0.163. The maximum atomic E-state index is 9.16. The van der Waals surface area contributed by atoms with Crippen LogP contribution >= 0.6 is 11.6 Å². The average molecular weight is 304 g/mol. The first-order valence-corrected chi connectivity index (χ1v) is 7.16. The third-order valence-corrected chi connectivity index (χ3v) is 3.55. The van der Waals surface area contributed by atoms with Crippen molar-refractivity contribution in [1.29, 1.82) is 5.26 Å². The average Bonchev–Trinajstić information content (AvgIpc) is 3.14. The van der Waals surface area contributed by atoms with Crippen LogP contribution in [0.3, 0.4) is 0 Å². The number of nitrogens with zero attached hydrogens (tertiary/aromatic N) is 2. The first-order valence-electron chi connectivity index (χ1n) is 6.78. The molecule has 1 aromatic carbocycles. The molecule has 3 rings (SSSR count). The largest absolute Gasteiger partial charge is 0.419 e. The number of rotatable bonds is 4. The van der Waals surface area contributed by atoms with E-state index >= 15 is 0 Å². The molecule has 1 aromatic heterocycles. The zero-order chi connectivity index (χ0) is 14.7.